The molecule has 2 aromatic heterocycles. The summed E-state index contributed by atoms with van der Waals surface area (Å²) in [7, 11) is 3.59. The number of amides is 2. The lowest BCUT2D eigenvalue weighted by Crippen LogP contribution is -2.52. The third-order valence-electron chi connectivity index (χ3n) is 14.4. The van der Waals surface area contributed by atoms with E-state index in [1.807, 2.05) is 67.7 Å². The first kappa shape index (κ1) is 42.0. The van der Waals surface area contributed by atoms with Gasteiger partial charge in [-0.15, -0.1) is 0 Å². The third-order valence-corrected chi connectivity index (χ3v) is 14.4. The molecule has 0 bridgehead atoms. The van der Waals surface area contributed by atoms with E-state index in [0.29, 0.717) is 53.6 Å². The standard InChI is InChI=1S/C26H25F3N6O.C23H28N6O/c1-33-24(36)21-22(30-18-6-3-2-4-7-18)32-34(15-14-16-10-12-17(13-11-16)26(27,28)29)23(21)35-20-9-5-8-19(20)31-25(33)35;1-27-22(30)19-20(24-16-10-3-2-4-11-16)28(14-15-8-5-6-9-15)26-21(19)29-18-13-7-12-17(18)25-23(27)29/h2-4,6-7,10-13,19-20H,5,8-9,14-15H2,1H3,(H,30,32);2-4,10-11,15,17-18,24H,5-9,12-14H2,1H3/t19-,20+;17-,18+/m11/s1. The molecule has 3 aliphatic carbocycles. The van der Waals surface area contributed by atoms with Crippen LogP contribution in [-0.2, 0) is 25.7 Å². The Balaban J connectivity index is 0.000000148. The second-order valence-corrected chi connectivity index (χ2v) is 18.5. The highest BCUT2D eigenvalue weighted by Gasteiger charge is 2.51. The first-order valence-corrected chi connectivity index (χ1v) is 23.3. The highest BCUT2D eigenvalue weighted by atomic mass is 19.4. The molecule has 12 rings (SSSR count). The first-order valence-electron chi connectivity index (χ1n) is 23.3. The predicted molar refractivity (Wildman–Crippen MR) is 248 cm³/mol. The molecule has 4 aliphatic heterocycles. The monoisotopic (exact) mass is 898 g/mol. The van der Waals surface area contributed by atoms with Crippen LogP contribution < -0.4 is 20.4 Å². The Morgan fingerprint density at radius 2 is 1.21 bits per heavy atom. The van der Waals surface area contributed by atoms with E-state index in [2.05, 4.69) is 25.1 Å². The Hall–Kier alpha value is -6.65. The van der Waals surface area contributed by atoms with Gasteiger partial charge < -0.3 is 10.6 Å². The molecule has 3 saturated carbocycles. The number of aryl methyl sites for hydroxylation is 2. The van der Waals surface area contributed by atoms with Crippen molar-refractivity contribution in [3.05, 3.63) is 107 Å². The van der Waals surface area contributed by atoms with Gasteiger partial charge in [-0.2, -0.15) is 23.4 Å². The van der Waals surface area contributed by atoms with Crippen LogP contribution in [0, 0.1) is 5.92 Å². The van der Waals surface area contributed by atoms with Crippen molar-refractivity contribution in [3.63, 3.8) is 0 Å². The minimum atomic E-state index is -4.37. The molecular weight excluding hydrogens is 846 g/mol. The summed E-state index contributed by atoms with van der Waals surface area (Å²) in [5, 5.41) is 16.7. The lowest BCUT2D eigenvalue weighted by Gasteiger charge is -2.35. The van der Waals surface area contributed by atoms with E-state index in [1.165, 1.54) is 44.2 Å². The number of nitrogens with zero attached hydrogens (tertiary/aromatic N) is 10. The third kappa shape index (κ3) is 7.36. The number of alkyl halides is 3. The molecule has 2 amide bonds. The number of carbonyl (C=O) groups is 2. The largest absolute Gasteiger partial charge is 0.416 e. The van der Waals surface area contributed by atoms with Crippen LogP contribution >= 0.6 is 0 Å². The van der Waals surface area contributed by atoms with Crippen LogP contribution in [0.5, 0.6) is 0 Å². The number of hydrogen-bond acceptors (Lipinski definition) is 10. The van der Waals surface area contributed by atoms with Gasteiger partial charge in [0.2, 0.25) is 11.9 Å². The lowest BCUT2D eigenvalue weighted by molar-refractivity contribution is -0.137. The second kappa shape index (κ2) is 16.7. The van der Waals surface area contributed by atoms with Crippen molar-refractivity contribution in [1.82, 2.24) is 29.4 Å². The molecule has 0 unspecified atom stereocenters. The van der Waals surface area contributed by atoms with Crippen molar-refractivity contribution >= 4 is 58.4 Å². The zero-order valence-corrected chi connectivity index (χ0v) is 37.1. The number of rotatable bonds is 9. The van der Waals surface area contributed by atoms with Gasteiger partial charge in [-0.1, -0.05) is 61.4 Å². The normalized spacial score (nSPS) is 22.9. The van der Waals surface area contributed by atoms with Crippen LogP contribution in [0.15, 0.2) is 94.9 Å². The van der Waals surface area contributed by atoms with Gasteiger partial charge in [0.25, 0.3) is 11.8 Å². The van der Waals surface area contributed by atoms with Crippen LogP contribution in [0.4, 0.5) is 47.8 Å². The maximum Gasteiger partial charge on any atom is 0.416 e. The van der Waals surface area contributed by atoms with Gasteiger partial charge in [0.1, 0.15) is 22.8 Å². The Kier molecular flexibility index (Phi) is 10.6. The van der Waals surface area contributed by atoms with Gasteiger partial charge in [-0.05, 0) is 106 Å². The van der Waals surface area contributed by atoms with E-state index in [4.69, 9.17) is 20.2 Å². The summed E-state index contributed by atoms with van der Waals surface area (Å²) >= 11 is 0. The molecule has 342 valence electrons. The molecule has 0 spiro atoms. The molecule has 5 aromatic rings. The summed E-state index contributed by atoms with van der Waals surface area (Å²) < 4.78 is 42.8. The van der Waals surface area contributed by atoms with Gasteiger partial charge in [-0.3, -0.25) is 29.2 Å². The van der Waals surface area contributed by atoms with Gasteiger partial charge in [0, 0.05) is 38.6 Å². The van der Waals surface area contributed by atoms with Crippen LogP contribution in [-0.4, -0.2) is 91.4 Å². The summed E-state index contributed by atoms with van der Waals surface area (Å²) in [6.07, 6.45) is 7.59. The molecule has 3 aromatic carbocycles. The van der Waals surface area contributed by atoms with Crippen molar-refractivity contribution in [1.29, 1.82) is 0 Å². The van der Waals surface area contributed by atoms with E-state index < -0.39 is 11.7 Å². The Bertz CT molecular complexity index is 2710. The van der Waals surface area contributed by atoms with Gasteiger partial charge >= 0.3 is 6.18 Å². The van der Waals surface area contributed by atoms with Crippen molar-refractivity contribution in [2.75, 3.05) is 34.5 Å². The molecule has 66 heavy (non-hydrogen) atoms. The predicted octanol–water partition coefficient (Wildman–Crippen LogP) is 9.07. The summed E-state index contributed by atoms with van der Waals surface area (Å²) in [5.41, 5.74) is 3.05. The summed E-state index contributed by atoms with van der Waals surface area (Å²) in [6, 6.07) is 25.7. The summed E-state index contributed by atoms with van der Waals surface area (Å²) in [6.45, 7) is 1.26. The topological polar surface area (TPSA) is 132 Å². The number of benzene rings is 3. The van der Waals surface area contributed by atoms with E-state index >= 15 is 0 Å². The number of fused-ring (bicyclic) bond motifs is 10. The molecule has 3 fully saturated rings. The van der Waals surface area contributed by atoms with Gasteiger partial charge in [0.15, 0.2) is 11.6 Å². The SMILES string of the molecule is CN1C(=O)c2c(Nc3ccccc3)nn(CCc3ccc(C(F)(F)F)cc3)c2N2C1=N[C@@H]1CCC[C@@H]12.CN1C(=O)c2c(nn(CC3CCCC3)c2Nc2ccccc2)N2C1=N[C@@H]1CCC[C@@H]12. The maximum absolute atomic E-state index is 13.5. The fourth-order valence-electron chi connectivity index (χ4n) is 11.0. The molecule has 7 aliphatic rings. The molecular formula is C49H53F3N12O2. The molecule has 0 radical (unpaired) electrons. The number of aromatic nitrogens is 4. The Morgan fingerprint density at radius 3 is 1.83 bits per heavy atom. The highest BCUT2D eigenvalue weighted by molar-refractivity contribution is 6.22. The number of halogens is 3. The average Bonchev–Trinajstić information content (AvgIpc) is 4.19. The minimum Gasteiger partial charge on any atom is -0.340 e. The van der Waals surface area contributed by atoms with Crippen molar-refractivity contribution < 1.29 is 22.8 Å². The molecule has 2 N–H and O–H groups in total. The van der Waals surface area contributed by atoms with Crippen molar-refractivity contribution in [2.45, 2.75) is 114 Å². The molecule has 17 heteroatoms. The zero-order valence-electron chi connectivity index (χ0n) is 37.1. The molecule has 0 saturated heterocycles. The number of anilines is 6. The van der Waals surface area contributed by atoms with Gasteiger partial charge in [-0.25, -0.2) is 19.3 Å². The number of para-hydroxylation sites is 2. The van der Waals surface area contributed by atoms with Crippen LogP contribution in [0.1, 0.15) is 96.1 Å². The summed E-state index contributed by atoms with van der Waals surface area (Å²) in [5.74, 6) is 4.63. The Morgan fingerprint density at radius 1 is 0.636 bits per heavy atom. The van der Waals surface area contributed by atoms with E-state index in [-0.39, 0.29) is 29.9 Å². The Labute approximate surface area is 381 Å². The van der Waals surface area contributed by atoms with Crippen LogP contribution in [0.3, 0.4) is 0 Å². The smallest absolute Gasteiger partial charge is 0.340 e. The number of nitrogens with one attached hydrogen (secondary N) is 2. The quantitative estimate of drug-likeness (QED) is 0.150. The summed E-state index contributed by atoms with van der Waals surface area (Å²) in [4.78, 5) is 44.5. The number of carbonyl (C=O) groups excluding carboxylic acids is 2. The van der Waals surface area contributed by atoms with E-state index in [1.54, 1.807) is 21.5 Å². The lowest BCUT2D eigenvalue weighted by atomic mass is 10.1. The van der Waals surface area contributed by atoms with Crippen LogP contribution in [0.2, 0.25) is 0 Å². The zero-order chi connectivity index (χ0) is 45.3. The fourth-order valence-corrected chi connectivity index (χ4v) is 11.0. The molecule has 4 atom stereocenters. The van der Waals surface area contributed by atoms with Gasteiger partial charge in [0.05, 0.1) is 29.7 Å². The fraction of sp³-hybridized carbons (Fsp3) is 0.429. The number of guanidine groups is 2. The van der Waals surface area contributed by atoms with E-state index in [0.717, 1.165) is 85.3 Å². The number of aliphatic imine (C=N–C) groups is 2. The van der Waals surface area contributed by atoms with Crippen LogP contribution in [0.25, 0.3) is 0 Å². The minimum absolute atomic E-state index is 0.0175. The average molecular weight is 899 g/mol. The van der Waals surface area contributed by atoms with E-state index in [9.17, 15) is 22.8 Å². The highest BCUT2D eigenvalue weighted by Crippen LogP contribution is 2.45. The first-order chi connectivity index (χ1) is 32.0. The second-order valence-electron chi connectivity index (χ2n) is 18.5. The van der Waals surface area contributed by atoms with Crippen molar-refractivity contribution in [2.24, 2.45) is 15.9 Å². The molecule has 14 nitrogen and oxygen atoms in total. The van der Waals surface area contributed by atoms with Crippen molar-refractivity contribution in [3.8, 4) is 0 Å². The maximum atomic E-state index is 13.5. The number of hydrogen-bond donors (Lipinski definition) is 2. The molecule has 6 heterocycles.